The Morgan fingerprint density at radius 3 is 2.90 bits per heavy atom. The summed E-state index contributed by atoms with van der Waals surface area (Å²) in [7, 11) is 0. The first-order valence-corrected chi connectivity index (χ1v) is 4.26. The van der Waals surface area contributed by atoms with Crippen molar-refractivity contribution >= 4 is 0 Å². The van der Waals surface area contributed by atoms with Gasteiger partial charge in [-0.25, -0.2) is 0 Å². The fourth-order valence-corrected chi connectivity index (χ4v) is 2.32. The lowest BCUT2D eigenvalue weighted by Gasteiger charge is -2.28. The van der Waals surface area contributed by atoms with Crippen LogP contribution in [0.1, 0.15) is 19.3 Å². The van der Waals surface area contributed by atoms with Gasteiger partial charge < -0.3 is 10.4 Å². The molecule has 2 heteroatoms. The zero-order chi connectivity index (χ0) is 6.97. The normalized spacial score (nSPS) is 47.1. The van der Waals surface area contributed by atoms with Crippen molar-refractivity contribution in [1.82, 2.24) is 5.32 Å². The maximum atomic E-state index is 9.54. The molecule has 0 aromatic rings. The van der Waals surface area contributed by atoms with Gasteiger partial charge in [0.05, 0.1) is 6.10 Å². The monoisotopic (exact) mass is 141 g/mol. The summed E-state index contributed by atoms with van der Waals surface area (Å²) in [6, 6.07) is 0. The second kappa shape index (κ2) is 2.51. The Morgan fingerprint density at radius 1 is 1.20 bits per heavy atom. The van der Waals surface area contributed by atoms with E-state index in [1.165, 1.54) is 12.8 Å². The van der Waals surface area contributed by atoms with Crippen molar-refractivity contribution in [1.29, 1.82) is 0 Å². The van der Waals surface area contributed by atoms with Crippen LogP contribution in [0.3, 0.4) is 0 Å². The van der Waals surface area contributed by atoms with Crippen LogP contribution in [-0.2, 0) is 0 Å². The van der Waals surface area contributed by atoms with E-state index in [1.54, 1.807) is 0 Å². The minimum absolute atomic E-state index is 0.00579. The van der Waals surface area contributed by atoms with Crippen LogP contribution in [0, 0.1) is 11.8 Å². The van der Waals surface area contributed by atoms with Crippen LogP contribution in [0.2, 0.25) is 0 Å². The van der Waals surface area contributed by atoms with Crippen LogP contribution in [-0.4, -0.2) is 24.3 Å². The first-order valence-electron chi connectivity index (χ1n) is 4.26. The van der Waals surface area contributed by atoms with Gasteiger partial charge in [0, 0.05) is 12.5 Å². The van der Waals surface area contributed by atoms with Gasteiger partial charge in [-0.3, -0.25) is 0 Å². The van der Waals surface area contributed by atoms with E-state index >= 15 is 0 Å². The molecule has 2 fully saturated rings. The van der Waals surface area contributed by atoms with Gasteiger partial charge in [0.2, 0.25) is 0 Å². The Kier molecular flexibility index (Phi) is 1.66. The molecular weight excluding hydrogens is 126 g/mol. The molecule has 0 spiro atoms. The van der Waals surface area contributed by atoms with Crippen molar-refractivity contribution in [3.8, 4) is 0 Å². The molecule has 3 atom stereocenters. The Morgan fingerprint density at radius 2 is 2.10 bits per heavy atom. The van der Waals surface area contributed by atoms with E-state index in [-0.39, 0.29) is 6.10 Å². The van der Waals surface area contributed by atoms with Crippen LogP contribution in [0.5, 0.6) is 0 Å². The van der Waals surface area contributed by atoms with Gasteiger partial charge in [-0.1, -0.05) is 6.42 Å². The summed E-state index contributed by atoms with van der Waals surface area (Å²) < 4.78 is 0. The first kappa shape index (κ1) is 6.62. The molecule has 1 heterocycles. The molecule has 2 unspecified atom stereocenters. The van der Waals surface area contributed by atoms with E-state index in [1.807, 2.05) is 0 Å². The van der Waals surface area contributed by atoms with Crippen molar-refractivity contribution in [3.63, 3.8) is 0 Å². The van der Waals surface area contributed by atoms with Gasteiger partial charge in [0.15, 0.2) is 0 Å². The highest BCUT2D eigenvalue weighted by atomic mass is 16.3. The van der Waals surface area contributed by atoms with Gasteiger partial charge in [0.25, 0.3) is 0 Å². The summed E-state index contributed by atoms with van der Waals surface area (Å²) in [4.78, 5) is 0. The summed E-state index contributed by atoms with van der Waals surface area (Å²) in [5.74, 6) is 1.36. The van der Waals surface area contributed by atoms with E-state index < -0.39 is 0 Å². The molecule has 2 rings (SSSR count). The molecule has 2 nitrogen and oxygen atoms in total. The summed E-state index contributed by atoms with van der Waals surface area (Å²) in [5.41, 5.74) is 0. The first-order chi connectivity index (χ1) is 4.88. The fourth-order valence-electron chi connectivity index (χ4n) is 2.32. The maximum Gasteiger partial charge on any atom is 0.0583 e. The summed E-state index contributed by atoms with van der Waals surface area (Å²) in [5, 5.41) is 12.9. The number of nitrogens with one attached hydrogen (secondary N) is 1. The van der Waals surface area contributed by atoms with Crippen LogP contribution < -0.4 is 5.32 Å². The van der Waals surface area contributed by atoms with Crippen LogP contribution in [0.25, 0.3) is 0 Å². The molecule has 1 aliphatic carbocycles. The molecular formula is C8H15NO. The number of aliphatic hydroxyl groups is 1. The van der Waals surface area contributed by atoms with Crippen molar-refractivity contribution in [2.75, 3.05) is 13.1 Å². The highest BCUT2D eigenvalue weighted by molar-refractivity contribution is 4.89. The quantitative estimate of drug-likeness (QED) is 0.510. The fraction of sp³-hybridized carbons (Fsp3) is 1.00. The second-order valence-electron chi connectivity index (χ2n) is 3.58. The molecule has 58 valence electrons. The summed E-state index contributed by atoms with van der Waals surface area (Å²) in [6.07, 6.45) is 3.58. The number of aliphatic hydroxyl groups excluding tert-OH is 1. The number of rotatable bonds is 0. The molecule has 0 bridgehead atoms. The van der Waals surface area contributed by atoms with E-state index in [4.69, 9.17) is 0 Å². The SMILES string of the molecule is O[C@H]1CCCC2CNCC21. The molecule has 1 saturated carbocycles. The smallest absolute Gasteiger partial charge is 0.0583 e. The van der Waals surface area contributed by atoms with E-state index in [0.717, 1.165) is 25.4 Å². The van der Waals surface area contributed by atoms with Crippen molar-refractivity contribution < 1.29 is 5.11 Å². The van der Waals surface area contributed by atoms with Gasteiger partial charge in [-0.15, -0.1) is 0 Å². The molecule has 0 aromatic carbocycles. The van der Waals surface area contributed by atoms with E-state index in [9.17, 15) is 5.11 Å². The van der Waals surface area contributed by atoms with Crippen molar-refractivity contribution in [2.24, 2.45) is 11.8 Å². The van der Waals surface area contributed by atoms with Gasteiger partial charge in [-0.2, -0.15) is 0 Å². The molecule has 0 amide bonds. The summed E-state index contributed by atoms with van der Waals surface area (Å²) >= 11 is 0. The Balaban J connectivity index is 2.03. The van der Waals surface area contributed by atoms with Crippen LogP contribution >= 0.6 is 0 Å². The predicted octanol–water partition coefficient (Wildman–Crippen LogP) is 0.367. The third-order valence-electron chi connectivity index (χ3n) is 2.96. The zero-order valence-corrected chi connectivity index (χ0v) is 6.21. The molecule has 0 radical (unpaired) electrons. The maximum absolute atomic E-state index is 9.54. The summed E-state index contributed by atoms with van der Waals surface area (Å²) in [6.45, 7) is 2.19. The van der Waals surface area contributed by atoms with E-state index in [0.29, 0.717) is 5.92 Å². The highest BCUT2D eigenvalue weighted by Crippen LogP contribution is 2.32. The highest BCUT2D eigenvalue weighted by Gasteiger charge is 2.35. The van der Waals surface area contributed by atoms with Gasteiger partial charge in [-0.05, 0) is 25.3 Å². The average molecular weight is 141 g/mol. The zero-order valence-electron chi connectivity index (χ0n) is 6.21. The molecule has 2 aliphatic rings. The molecule has 1 aliphatic heterocycles. The molecule has 10 heavy (non-hydrogen) atoms. The van der Waals surface area contributed by atoms with Crippen molar-refractivity contribution in [3.05, 3.63) is 0 Å². The van der Waals surface area contributed by atoms with Crippen molar-refractivity contribution in [2.45, 2.75) is 25.4 Å². The minimum Gasteiger partial charge on any atom is -0.393 e. The third-order valence-corrected chi connectivity index (χ3v) is 2.96. The van der Waals surface area contributed by atoms with Gasteiger partial charge >= 0.3 is 0 Å². The lowest BCUT2D eigenvalue weighted by Crippen LogP contribution is -2.31. The predicted molar refractivity (Wildman–Crippen MR) is 39.7 cm³/mol. The lowest BCUT2D eigenvalue weighted by molar-refractivity contribution is 0.0563. The van der Waals surface area contributed by atoms with Gasteiger partial charge in [0.1, 0.15) is 0 Å². The molecule has 1 saturated heterocycles. The number of fused-ring (bicyclic) bond motifs is 1. The Bertz CT molecular complexity index is 126. The van der Waals surface area contributed by atoms with Crippen LogP contribution in [0.15, 0.2) is 0 Å². The Labute approximate surface area is 61.6 Å². The topological polar surface area (TPSA) is 32.3 Å². The standard InChI is InChI=1S/C8H15NO/c10-8-3-1-2-6-4-9-5-7(6)8/h6-10H,1-5H2/t6?,7?,8-/m0/s1. The minimum atomic E-state index is -0.00579. The number of hydrogen-bond donors (Lipinski definition) is 2. The lowest BCUT2D eigenvalue weighted by atomic mass is 9.80. The largest absolute Gasteiger partial charge is 0.393 e. The number of hydrogen-bond acceptors (Lipinski definition) is 2. The Hall–Kier alpha value is -0.0800. The van der Waals surface area contributed by atoms with E-state index in [2.05, 4.69) is 5.32 Å². The van der Waals surface area contributed by atoms with Crippen LogP contribution in [0.4, 0.5) is 0 Å². The second-order valence-corrected chi connectivity index (χ2v) is 3.58. The molecule has 0 aromatic heterocycles. The average Bonchev–Trinajstić information content (AvgIpc) is 2.36. The molecule has 2 N–H and O–H groups in total. The third kappa shape index (κ3) is 0.956.